The van der Waals surface area contributed by atoms with Gasteiger partial charge in [-0.05, 0) is 12.2 Å². The third kappa shape index (κ3) is 4.45. The molecule has 0 saturated carbocycles. The number of nitrogens with zero attached hydrogens (tertiary/aromatic N) is 5. The molecule has 156 valence electrons. The summed E-state index contributed by atoms with van der Waals surface area (Å²) in [5, 5.41) is 11.7. The van der Waals surface area contributed by atoms with E-state index < -0.39 is 6.04 Å². The topological polar surface area (TPSA) is 114 Å². The highest BCUT2D eigenvalue weighted by atomic mass is 32.2. The average Bonchev–Trinajstić information content (AvgIpc) is 3.35. The summed E-state index contributed by atoms with van der Waals surface area (Å²) in [5.41, 5.74) is 0.765. The maximum Gasteiger partial charge on any atom is 0.242 e. The van der Waals surface area contributed by atoms with Crippen molar-refractivity contribution in [3.05, 3.63) is 6.20 Å². The highest BCUT2D eigenvalue weighted by Gasteiger charge is 2.27. The summed E-state index contributed by atoms with van der Waals surface area (Å²) >= 11 is 1.59. The number of rotatable bonds is 7. The van der Waals surface area contributed by atoms with Crippen molar-refractivity contribution in [3.8, 4) is 0 Å². The largest absolute Gasteiger partial charge is 0.378 e. The second-order valence-corrected chi connectivity index (χ2v) is 8.15. The van der Waals surface area contributed by atoms with Crippen LogP contribution < -0.4 is 15.5 Å². The van der Waals surface area contributed by atoms with Crippen molar-refractivity contribution in [1.82, 2.24) is 30.4 Å². The number of hydrogen-bond donors (Lipinski definition) is 2. The third-order valence-electron chi connectivity index (χ3n) is 4.97. The first-order valence-corrected chi connectivity index (χ1v) is 10.9. The van der Waals surface area contributed by atoms with Crippen LogP contribution in [0.5, 0.6) is 0 Å². The molecule has 2 fully saturated rings. The molecular formula is C18H25N7O3S. The normalized spacial score (nSPS) is 19.6. The summed E-state index contributed by atoms with van der Waals surface area (Å²) in [4.78, 5) is 35.1. The fourth-order valence-corrected chi connectivity index (χ4v) is 4.07. The van der Waals surface area contributed by atoms with Crippen LogP contribution >= 0.6 is 11.8 Å². The van der Waals surface area contributed by atoms with E-state index >= 15 is 0 Å². The van der Waals surface area contributed by atoms with Crippen LogP contribution in [0.3, 0.4) is 0 Å². The molecule has 2 aromatic rings. The van der Waals surface area contributed by atoms with Crippen LogP contribution in [0.1, 0.15) is 19.8 Å². The lowest BCUT2D eigenvalue weighted by Gasteiger charge is -2.28. The van der Waals surface area contributed by atoms with Gasteiger partial charge in [0.15, 0.2) is 10.8 Å². The van der Waals surface area contributed by atoms with Crippen LogP contribution in [0, 0.1) is 0 Å². The number of carbonyl (C=O) groups excluding carboxylic acids is 2. The van der Waals surface area contributed by atoms with Crippen molar-refractivity contribution in [3.63, 3.8) is 0 Å². The van der Waals surface area contributed by atoms with Crippen molar-refractivity contribution in [2.75, 3.05) is 43.5 Å². The van der Waals surface area contributed by atoms with Gasteiger partial charge in [-0.2, -0.15) is 5.10 Å². The number of morpholine rings is 1. The van der Waals surface area contributed by atoms with Gasteiger partial charge >= 0.3 is 0 Å². The molecule has 0 spiro atoms. The van der Waals surface area contributed by atoms with E-state index in [1.54, 1.807) is 22.6 Å². The molecule has 0 aromatic carbocycles. The molecule has 2 aliphatic rings. The Morgan fingerprint density at radius 3 is 2.93 bits per heavy atom. The monoisotopic (exact) mass is 419 g/mol. The predicted molar refractivity (Wildman–Crippen MR) is 109 cm³/mol. The summed E-state index contributed by atoms with van der Waals surface area (Å²) in [6, 6.07) is -0.431. The molecule has 2 N–H and O–H groups in total. The highest BCUT2D eigenvalue weighted by molar-refractivity contribution is 7.99. The predicted octanol–water partition coefficient (Wildman–Crippen LogP) is 0.170. The number of ether oxygens (including phenoxy) is 1. The quantitative estimate of drug-likeness (QED) is 0.482. The Labute approximate surface area is 172 Å². The molecule has 4 rings (SSSR count). The van der Waals surface area contributed by atoms with Crippen molar-refractivity contribution >= 4 is 40.4 Å². The van der Waals surface area contributed by atoms with E-state index in [2.05, 4.69) is 27.6 Å². The first kappa shape index (κ1) is 19.9. The molecule has 0 radical (unpaired) electrons. The van der Waals surface area contributed by atoms with Crippen molar-refractivity contribution in [2.45, 2.75) is 37.5 Å². The zero-order valence-electron chi connectivity index (χ0n) is 16.4. The van der Waals surface area contributed by atoms with E-state index in [1.807, 2.05) is 0 Å². The second kappa shape index (κ2) is 8.95. The minimum absolute atomic E-state index is 0.0727. The molecule has 0 bridgehead atoms. The number of amides is 2. The van der Waals surface area contributed by atoms with E-state index in [1.165, 1.54) is 0 Å². The number of nitrogens with one attached hydrogen (secondary N) is 2. The molecule has 2 aliphatic heterocycles. The zero-order valence-corrected chi connectivity index (χ0v) is 17.2. The number of fused-ring (bicyclic) bond motifs is 1. The molecule has 4 heterocycles. The van der Waals surface area contributed by atoms with Gasteiger partial charge in [-0.1, -0.05) is 18.7 Å². The van der Waals surface area contributed by atoms with E-state index in [0.29, 0.717) is 39.1 Å². The number of carbonyl (C=O) groups is 2. The molecular weight excluding hydrogens is 394 g/mol. The van der Waals surface area contributed by atoms with Crippen LogP contribution in [-0.4, -0.2) is 76.2 Å². The molecule has 1 atom stereocenters. The molecule has 11 heteroatoms. The molecule has 2 amide bonds. The SMILES string of the molecule is CCSc1nc(N2CCOCC2)c2cnn(CCNC(=O)C3CCC(=O)N3)c2n1. The van der Waals surface area contributed by atoms with Gasteiger partial charge < -0.3 is 20.3 Å². The lowest BCUT2D eigenvalue weighted by atomic mass is 10.2. The summed E-state index contributed by atoms with van der Waals surface area (Å²) in [6.07, 6.45) is 2.74. The number of anilines is 1. The highest BCUT2D eigenvalue weighted by Crippen LogP contribution is 2.27. The fourth-order valence-electron chi connectivity index (χ4n) is 3.51. The van der Waals surface area contributed by atoms with Crippen molar-refractivity contribution in [2.24, 2.45) is 0 Å². The van der Waals surface area contributed by atoms with E-state index in [9.17, 15) is 9.59 Å². The minimum atomic E-state index is -0.431. The number of hydrogen-bond acceptors (Lipinski definition) is 8. The van der Waals surface area contributed by atoms with Gasteiger partial charge in [0.1, 0.15) is 11.9 Å². The van der Waals surface area contributed by atoms with Crippen LogP contribution in [0.4, 0.5) is 5.82 Å². The molecule has 29 heavy (non-hydrogen) atoms. The van der Waals surface area contributed by atoms with Crippen LogP contribution in [0.2, 0.25) is 0 Å². The minimum Gasteiger partial charge on any atom is -0.378 e. The standard InChI is InChI=1S/C18H25N7O3S/c1-2-29-18-22-15(24-7-9-28-10-8-24)12-11-20-25(16(12)23-18)6-5-19-17(27)13-3-4-14(26)21-13/h11,13H,2-10H2,1H3,(H,19,27)(H,21,26). The third-order valence-corrected chi connectivity index (χ3v) is 5.70. The average molecular weight is 420 g/mol. The van der Waals surface area contributed by atoms with Gasteiger partial charge in [-0.3, -0.25) is 9.59 Å². The Morgan fingerprint density at radius 2 is 2.21 bits per heavy atom. The Bertz CT molecular complexity index is 897. The summed E-state index contributed by atoms with van der Waals surface area (Å²) in [6.45, 7) is 5.91. The van der Waals surface area contributed by atoms with Crippen LogP contribution in [0.25, 0.3) is 11.0 Å². The van der Waals surface area contributed by atoms with Gasteiger partial charge in [0.05, 0.1) is 31.3 Å². The van der Waals surface area contributed by atoms with Crippen LogP contribution in [0.15, 0.2) is 11.4 Å². The Balaban J connectivity index is 1.49. The maximum absolute atomic E-state index is 12.2. The lowest BCUT2D eigenvalue weighted by molar-refractivity contribution is -0.125. The first-order chi connectivity index (χ1) is 14.2. The summed E-state index contributed by atoms with van der Waals surface area (Å²) in [7, 11) is 0. The van der Waals surface area contributed by atoms with E-state index in [-0.39, 0.29) is 11.8 Å². The van der Waals surface area contributed by atoms with Crippen molar-refractivity contribution in [1.29, 1.82) is 0 Å². The summed E-state index contributed by atoms with van der Waals surface area (Å²) in [5.74, 6) is 1.54. The van der Waals surface area contributed by atoms with E-state index in [0.717, 1.165) is 40.9 Å². The Hall–Kier alpha value is -2.40. The first-order valence-electron chi connectivity index (χ1n) is 9.92. The molecule has 0 aliphatic carbocycles. The molecule has 2 saturated heterocycles. The van der Waals surface area contributed by atoms with Crippen LogP contribution in [-0.2, 0) is 20.9 Å². The molecule has 10 nitrogen and oxygen atoms in total. The van der Waals surface area contributed by atoms with Gasteiger partial charge in [0.2, 0.25) is 11.8 Å². The van der Waals surface area contributed by atoms with E-state index in [4.69, 9.17) is 14.7 Å². The molecule has 2 aromatic heterocycles. The fraction of sp³-hybridized carbons (Fsp3) is 0.611. The number of aromatic nitrogens is 4. The Kier molecular flexibility index (Phi) is 6.14. The molecule has 1 unspecified atom stereocenters. The van der Waals surface area contributed by atoms with Gasteiger partial charge in [-0.25, -0.2) is 14.6 Å². The van der Waals surface area contributed by atoms with Gasteiger partial charge in [0.25, 0.3) is 0 Å². The van der Waals surface area contributed by atoms with Gasteiger partial charge in [-0.15, -0.1) is 0 Å². The smallest absolute Gasteiger partial charge is 0.242 e. The maximum atomic E-state index is 12.2. The summed E-state index contributed by atoms with van der Waals surface area (Å²) < 4.78 is 7.26. The second-order valence-electron chi connectivity index (χ2n) is 6.92. The lowest BCUT2D eigenvalue weighted by Crippen LogP contribution is -2.42. The number of thioether (sulfide) groups is 1. The van der Waals surface area contributed by atoms with Gasteiger partial charge in [0, 0.05) is 26.1 Å². The Morgan fingerprint density at radius 1 is 1.38 bits per heavy atom. The zero-order chi connectivity index (χ0) is 20.2. The van der Waals surface area contributed by atoms with Crippen molar-refractivity contribution < 1.29 is 14.3 Å².